The van der Waals surface area contributed by atoms with Gasteiger partial charge in [-0.2, -0.15) is 0 Å². The Labute approximate surface area is 90.3 Å². The predicted molar refractivity (Wildman–Crippen MR) is 62.1 cm³/mol. The van der Waals surface area contributed by atoms with E-state index in [1.807, 2.05) is 18.2 Å². The lowest BCUT2D eigenvalue weighted by atomic mass is 10.2. The van der Waals surface area contributed by atoms with Gasteiger partial charge in [0, 0.05) is 4.90 Å². The maximum Gasteiger partial charge on any atom is 0.231 e. The summed E-state index contributed by atoms with van der Waals surface area (Å²) < 4.78 is 0.859. The van der Waals surface area contributed by atoms with Gasteiger partial charge in [-0.1, -0.05) is 12.1 Å². The minimum atomic E-state index is 0.859. The fourth-order valence-electron chi connectivity index (χ4n) is 1.78. The Kier molecular flexibility index (Phi) is 2.37. The Morgan fingerprint density at radius 2 is 2.00 bits per heavy atom. The molecule has 0 saturated carbocycles. The monoisotopic (exact) mass is 207 g/mol. The van der Waals surface area contributed by atoms with E-state index in [-0.39, 0.29) is 0 Å². The third kappa shape index (κ3) is 1.57. The molecule has 14 heavy (non-hydrogen) atoms. The average molecular weight is 207 g/mol. The number of thiol groups is 1. The van der Waals surface area contributed by atoms with Crippen molar-refractivity contribution in [3.05, 3.63) is 29.8 Å². The average Bonchev–Trinajstić information content (AvgIpc) is 2.46. The molecule has 1 aliphatic heterocycles. The highest BCUT2D eigenvalue weighted by Gasteiger charge is 2.31. The van der Waals surface area contributed by atoms with Crippen LogP contribution in [0.15, 0.2) is 34.2 Å². The van der Waals surface area contributed by atoms with Crippen molar-refractivity contribution in [2.75, 3.05) is 27.2 Å². The first-order valence-electron chi connectivity index (χ1n) is 4.78. The SMILES string of the molecule is C[N+]1(C)CCN=C1c1ccccc1S. The molecule has 3 heteroatoms. The first kappa shape index (κ1) is 9.74. The minimum absolute atomic E-state index is 0.859. The Balaban J connectivity index is 2.46. The van der Waals surface area contributed by atoms with E-state index in [1.54, 1.807) is 0 Å². The van der Waals surface area contributed by atoms with Gasteiger partial charge in [-0.05, 0) is 12.1 Å². The second-order valence-corrected chi connectivity index (χ2v) is 4.61. The molecular formula is C11H15N2S+. The van der Waals surface area contributed by atoms with Crippen LogP contribution < -0.4 is 0 Å². The molecule has 0 bridgehead atoms. The lowest BCUT2D eigenvalue weighted by molar-refractivity contribution is -0.791. The summed E-state index contributed by atoms with van der Waals surface area (Å²) in [7, 11) is 4.37. The molecule has 0 spiro atoms. The first-order chi connectivity index (χ1) is 6.61. The van der Waals surface area contributed by atoms with Crippen LogP contribution in [-0.2, 0) is 0 Å². The van der Waals surface area contributed by atoms with E-state index in [4.69, 9.17) is 0 Å². The maximum atomic E-state index is 4.56. The number of quaternary nitrogens is 1. The largest absolute Gasteiger partial charge is 0.278 e. The van der Waals surface area contributed by atoms with Crippen LogP contribution >= 0.6 is 12.6 Å². The molecule has 0 aliphatic carbocycles. The molecule has 0 fully saturated rings. The Morgan fingerprint density at radius 3 is 2.57 bits per heavy atom. The fraction of sp³-hybridized carbons (Fsp3) is 0.364. The number of hydrogen-bond acceptors (Lipinski definition) is 2. The van der Waals surface area contributed by atoms with Gasteiger partial charge in [0.25, 0.3) is 0 Å². The molecule has 1 heterocycles. The van der Waals surface area contributed by atoms with Crippen LogP contribution in [0.5, 0.6) is 0 Å². The van der Waals surface area contributed by atoms with Crippen molar-refractivity contribution in [2.24, 2.45) is 4.99 Å². The van der Waals surface area contributed by atoms with Gasteiger partial charge in [0.15, 0.2) is 0 Å². The van der Waals surface area contributed by atoms with E-state index in [1.165, 1.54) is 5.56 Å². The molecule has 0 atom stereocenters. The number of nitrogens with zero attached hydrogens (tertiary/aromatic N) is 2. The molecule has 0 amide bonds. The topological polar surface area (TPSA) is 12.4 Å². The Morgan fingerprint density at radius 1 is 1.29 bits per heavy atom. The van der Waals surface area contributed by atoms with E-state index < -0.39 is 0 Å². The molecule has 0 unspecified atom stereocenters. The van der Waals surface area contributed by atoms with E-state index in [2.05, 4.69) is 37.8 Å². The van der Waals surface area contributed by atoms with Crippen molar-refractivity contribution < 1.29 is 4.48 Å². The summed E-state index contributed by atoms with van der Waals surface area (Å²) in [6.45, 7) is 2.00. The van der Waals surface area contributed by atoms with Crippen LogP contribution in [0.1, 0.15) is 5.56 Å². The van der Waals surface area contributed by atoms with Crippen LogP contribution in [-0.4, -0.2) is 37.5 Å². The number of aliphatic imine (C=N–C) groups is 1. The van der Waals surface area contributed by atoms with Gasteiger partial charge in [-0.25, -0.2) is 4.99 Å². The number of amidine groups is 1. The van der Waals surface area contributed by atoms with Gasteiger partial charge in [-0.15, -0.1) is 12.6 Å². The fourth-order valence-corrected chi connectivity index (χ4v) is 2.04. The first-order valence-corrected chi connectivity index (χ1v) is 5.22. The minimum Gasteiger partial charge on any atom is -0.278 e. The number of benzene rings is 1. The molecular weight excluding hydrogens is 192 g/mol. The quantitative estimate of drug-likeness (QED) is 0.533. The van der Waals surface area contributed by atoms with E-state index in [9.17, 15) is 0 Å². The highest BCUT2D eigenvalue weighted by molar-refractivity contribution is 7.80. The van der Waals surface area contributed by atoms with Crippen LogP contribution in [0, 0.1) is 0 Å². The Hall–Kier alpha value is -0.800. The van der Waals surface area contributed by atoms with Gasteiger partial charge in [0.1, 0.15) is 6.54 Å². The maximum absolute atomic E-state index is 4.56. The number of hydrogen-bond donors (Lipinski definition) is 1. The molecule has 1 aromatic carbocycles. The van der Waals surface area contributed by atoms with Crippen LogP contribution in [0.3, 0.4) is 0 Å². The van der Waals surface area contributed by atoms with Crippen molar-refractivity contribution in [1.29, 1.82) is 0 Å². The molecule has 0 aromatic heterocycles. The summed E-state index contributed by atoms with van der Waals surface area (Å²) in [6, 6.07) is 8.14. The van der Waals surface area contributed by atoms with Gasteiger partial charge in [0.2, 0.25) is 5.84 Å². The molecule has 2 nitrogen and oxygen atoms in total. The third-order valence-corrected chi connectivity index (χ3v) is 3.03. The van der Waals surface area contributed by atoms with Crippen LogP contribution in [0.2, 0.25) is 0 Å². The smallest absolute Gasteiger partial charge is 0.231 e. The molecule has 1 aromatic rings. The zero-order valence-electron chi connectivity index (χ0n) is 8.57. The van der Waals surface area contributed by atoms with Gasteiger partial charge in [0.05, 0.1) is 26.2 Å². The lowest BCUT2D eigenvalue weighted by Gasteiger charge is -2.24. The van der Waals surface area contributed by atoms with Gasteiger partial charge in [-0.3, -0.25) is 4.48 Å². The van der Waals surface area contributed by atoms with Crippen molar-refractivity contribution >= 4 is 18.5 Å². The third-order valence-electron chi connectivity index (χ3n) is 2.64. The standard InChI is InChI=1S/C11H14N2S/c1-13(2)8-7-12-11(13)9-5-3-4-6-10(9)14/h3-6H,7-8H2,1-2H3/p+1. The molecule has 74 valence electrons. The second kappa shape index (κ2) is 3.41. The van der Waals surface area contributed by atoms with Crippen molar-refractivity contribution in [2.45, 2.75) is 4.90 Å². The van der Waals surface area contributed by atoms with Gasteiger partial charge >= 0.3 is 0 Å². The summed E-state index contributed by atoms with van der Waals surface area (Å²) in [5.41, 5.74) is 1.17. The van der Waals surface area contributed by atoms with E-state index >= 15 is 0 Å². The van der Waals surface area contributed by atoms with Gasteiger partial charge < -0.3 is 0 Å². The lowest BCUT2D eigenvalue weighted by Crippen LogP contribution is -2.43. The highest BCUT2D eigenvalue weighted by Crippen LogP contribution is 2.21. The summed E-state index contributed by atoms with van der Waals surface area (Å²) in [5, 5.41) is 0. The van der Waals surface area contributed by atoms with Crippen molar-refractivity contribution in [3.63, 3.8) is 0 Å². The van der Waals surface area contributed by atoms with Crippen molar-refractivity contribution in [1.82, 2.24) is 0 Å². The Bertz CT molecular complexity index is 383. The van der Waals surface area contributed by atoms with Crippen LogP contribution in [0.25, 0.3) is 0 Å². The normalized spacial score (nSPS) is 19.5. The number of likely N-dealkylation sites (N-methyl/N-ethyl adjacent to an activating group) is 1. The molecule has 1 aliphatic rings. The highest BCUT2D eigenvalue weighted by atomic mass is 32.1. The summed E-state index contributed by atoms with van der Waals surface area (Å²) in [6.07, 6.45) is 0. The molecule has 0 radical (unpaired) electrons. The predicted octanol–water partition coefficient (Wildman–Crippen LogP) is 1.81. The number of rotatable bonds is 1. The van der Waals surface area contributed by atoms with Crippen LogP contribution in [0.4, 0.5) is 0 Å². The zero-order chi connectivity index (χ0) is 10.2. The summed E-state index contributed by atoms with van der Waals surface area (Å²) in [4.78, 5) is 5.57. The summed E-state index contributed by atoms with van der Waals surface area (Å²) in [5.74, 6) is 1.15. The molecule has 2 rings (SSSR count). The zero-order valence-corrected chi connectivity index (χ0v) is 9.46. The van der Waals surface area contributed by atoms with E-state index in [0.717, 1.165) is 28.3 Å². The van der Waals surface area contributed by atoms with E-state index in [0.29, 0.717) is 0 Å². The molecule has 0 saturated heterocycles. The summed E-state index contributed by atoms with van der Waals surface area (Å²) >= 11 is 4.46. The molecule has 0 N–H and O–H groups in total. The van der Waals surface area contributed by atoms with Crippen molar-refractivity contribution in [3.8, 4) is 0 Å². The second-order valence-electron chi connectivity index (χ2n) is 4.13.